The van der Waals surface area contributed by atoms with Crippen molar-refractivity contribution in [3.63, 3.8) is 0 Å². The second-order valence-electron chi connectivity index (χ2n) is 7.76. The van der Waals surface area contributed by atoms with E-state index in [-0.39, 0.29) is 30.6 Å². The minimum absolute atomic E-state index is 0.0777. The summed E-state index contributed by atoms with van der Waals surface area (Å²) in [6.07, 6.45) is 10.0. The monoisotopic (exact) mass is 402 g/mol. The van der Waals surface area contributed by atoms with Crippen molar-refractivity contribution >= 4 is 5.78 Å². The number of ketones is 1. The van der Waals surface area contributed by atoms with Gasteiger partial charge in [-0.25, -0.2) is 0 Å². The molecule has 2 rings (SSSR count). The molecule has 3 N–H and O–H groups in total. The molecule has 1 fully saturated rings. The maximum absolute atomic E-state index is 12.3. The van der Waals surface area contributed by atoms with Crippen molar-refractivity contribution in [3.8, 4) is 0 Å². The van der Waals surface area contributed by atoms with Gasteiger partial charge in [-0.3, -0.25) is 4.79 Å². The second kappa shape index (κ2) is 12.7. The predicted octanol–water partition coefficient (Wildman–Crippen LogP) is 2.97. The molecule has 0 radical (unpaired) electrons. The highest BCUT2D eigenvalue weighted by Crippen LogP contribution is 2.33. The summed E-state index contributed by atoms with van der Waals surface area (Å²) >= 11 is 0. The van der Waals surface area contributed by atoms with E-state index in [0.29, 0.717) is 19.4 Å². The first-order chi connectivity index (χ1) is 14.0. The maximum Gasteiger partial charge on any atom is 0.139 e. The van der Waals surface area contributed by atoms with Crippen LogP contribution in [0.5, 0.6) is 0 Å². The van der Waals surface area contributed by atoms with Gasteiger partial charge in [0.2, 0.25) is 0 Å². The predicted molar refractivity (Wildman–Crippen MR) is 113 cm³/mol. The number of benzene rings is 1. The molecule has 0 spiro atoms. The lowest BCUT2D eigenvalue weighted by molar-refractivity contribution is -0.121. The first kappa shape index (κ1) is 23.5. The molecule has 29 heavy (non-hydrogen) atoms. The van der Waals surface area contributed by atoms with E-state index in [1.807, 2.05) is 42.5 Å². The number of aliphatic hydroxyl groups excluding tert-OH is 3. The van der Waals surface area contributed by atoms with Crippen LogP contribution in [0.3, 0.4) is 0 Å². The summed E-state index contributed by atoms with van der Waals surface area (Å²) in [5.74, 6) is -0.430. The quantitative estimate of drug-likeness (QED) is 0.370. The Hall–Kier alpha value is -1.79. The van der Waals surface area contributed by atoms with Crippen molar-refractivity contribution in [2.75, 3.05) is 13.7 Å². The maximum atomic E-state index is 12.3. The topological polar surface area (TPSA) is 87.0 Å². The summed E-state index contributed by atoms with van der Waals surface area (Å²) < 4.78 is 5.14. The Labute approximate surface area is 173 Å². The third kappa shape index (κ3) is 7.86. The van der Waals surface area contributed by atoms with Gasteiger partial charge in [-0.1, -0.05) is 48.6 Å². The molecule has 0 heterocycles. The molecule has 1 aromatic rings. The fraction of sp³-hybridized carbons (Fsp3) is 0.542. The van der Waals surface area contributed by atoms with Crippen LogP contribution in [0.1, 0.15) is 43.2 Å². The first-order valence-electron chi connectivity index (χ1n) is 10.4. The molecule has 0 bridgehead atoms. The van der Waals surface area contributed by atoms with Crippen LogP contribution in [0.25, 0.3) is 0 Å². The minimum Gasteiger partial charge on any atom is -0.396 e. The molecule has 5 heteroatoms. The number of carbonyl (C=O) groups excluding carboxylic acids is 1. The molecule has 4 atom stereocenters. The minimum atomic E-state index is -0.691. The number of hydrogen-bond donors (Lipinski definition) is 3. The van der Waals surface area contributed by atoms with Gasteiger partial charge in [0.25, 0.3) is 0 Å². The lowest BCUT2D eigenvalue weighted by Gasteiger charge is -2.17. The molecule has 0 aromatic heterocycles. The zero-order valence-electron chi connectivity index (χ0n) is 17.2. The van der Waals surface area contributed by atoms with Crippen LogP contribution in [-0.4, -0.2) is 47.0 Å². The van der Waals surface area contributed by atoms with Gasteiger partial charge in [0.1, 0.15) is 5.78 Å². The summed E-state index contributed by atoms with van der Waals surface area (Å²) in [6.45, 7) is 0.734. The van der Waals surface area contributed by atoms with Crippen LogP contribution in [0.2, 0.25) is 0 Å². The number of methoxy groups -OCH3 is 1. The summed E-state index contributed by atoms with van der Waals surface area (Å²) in [5.41, 5.74) is 2.07. The third-order valence-electron chi connectivity index (χ3n) is 5.37. The molecule has 160 valence electrons. The summed E-state index contributed by atoms with van der Waals surface area (Å²) in [7, 11) is 1.65. The first-order valence-corrected chi connectivity index (χ1v) is 10.4. The van der Waals surface area contributed by atoms with E-state index in [4.69, 9.17) is 9.84 Å². The molecule has 0 unspecified atom stereocenters. The molecule has 1 aliphatic carbocycles. The van der Waals surface area contributed by atoms with E-state index < -0.39 is 12.2 Å². The van der Waals surface area contributed by atoms with Gasteiger partial charge in [0.15, 0.2) is 0 Å². The Balaban J connectivity index is 1.91. The number of aliphatic hydroxyl groups is 3. The van der Waals surface area contributed by atoms with Crippen LogP contribution in [0, 0.1) is 11.8 Å². The van der Waals surface area contributed by atoms with Gasteiger partial charge >= 0.3 is 0 Å². The summed E-state index contributed by atoms with van der Waals surface area (Å²) in [5, 5.41) is 29.5. The van der Waals surface area contributed by atoms with Crippen LogP contribution in [0.4, 0.5) is 0 Å². The Morgan fingerprint density at radius 2 is 2.03 bits per heavy atom. The molecule has 0 amide bonds. The fourth-order valence-electron chi connectivity index (χ4n) is 3.84. The molecular formula is C24H34O5. The molecule has 5 nitrogen and oxygen atoms in total. The Kier molecular flexibility index (Phi) is 10.3. The van der Waals surface area contributed by atoms with E-state index >= 15 is 0 Å². The highest BCUT2D eigenvalue weighted by atomic mass is 16.5. The smallest absolute Gasteiger partial charge is 0.139 e. The highest BCUT2D eigenvalue weighted by molar-refractivity contribution is 5.84. The van der Waals surface area contributed by atoms with E-state index in [9.17, 15) is 15.0 Å². The van der Waals surface area contributed by atoms with Gasteiger partial charge in [0.05, 0.1) is 18.8 Å². The van der Waals surface area contributed by atoms with Crippen molar-refractivity contribution in [1.29, 1.82) is 0 Å². The molecule has 0 aliphatic heterocycles. The lowest BCUT2D eigenvalue weighted by Crippen LogP contribution is -2.19. The van der Waals surface area contributed by atoms with Gasteiger partial charge in [-0.15, -0.1) is 0 Å². The van der Waals surface area contributed by atoms with E-state index in [2.05, 4.69) is 0 Å². The summed E-state index contributed by atoms with van der Waals surface area (Å²) in [6, 6.07) is 7.91. The van der Waals surface area contributed by atoms with Crippen molar-refractivity contribution in [2.24, 2.45) is 11.8 Å². The van der Waals surface area contributed by atoms with Crippen LogP contribution in [0.15, 0.2) is 48.6 Å². The Morgan fingerprint density at radius 1 is 1.24 bits per heavy atom. The lowest BCUT2D eigenvalue weighted by atomic mass is 9.90. The van der Waals surface area contributed by atoms with Crippen molar-refractivity contribution in [3.05, 3.63) is 59.7 Å². The van der Waals surface area contributed by atoms with Crippen molar-refractivity contribution in [2.45, 2.75) is 57.3 Å². The second-order valence-corrected chi connectivity index (χ2v) is 7.76. The largest absolute Gasteiger partial charge is 0.396 e. The number of ether oxygens (including phenoxy) is 1. The molecule has 1 saturated carbocycles. The van der Waals surface area contributed by atoms with Gasteiger partial charge in [-0.05, 0) is 36.8 Å². The number of hydrogen-bond acceptors (Lipinski definition) is 5. The number of carbonyl (C=O) groups is 1. The zero-order valence-corrected chi connectivity index (χ0v) is 17.2. The Morgan fingerprint density at radius 3 is 2.79 bits per heavy atom. The molecule has 1 aromatic carbocycles. The van der Waals surface area contributed by atoms with E-state index in [1.165, 1.54) is 0 Å². The van der Waals surface area contributed by atoms with Gasteiger partial charge in [-0.2, -0.15) is 0 Å². The van der Waals surface area contributed by atoms with E-state index in [0.717, 1.165) is 30.4 Å². The third-order valence-corrected chi connectivity index (χ3v) is 5.37. The molecular weight excluding hydrogens is 368 g/mol. The fourth-order valence-corrected chi connectivity index (χ4v) is 3.84. The van der Waals surface area contributed by atoms with Crippen molar-refractivity contribution in [1.82, 2.24) is 0 Å². The number of Topliss-reactive ketones (excluding diaryl/α,β-unsaturated/α-hetero) is 1. The van der Waals surface area contributed by atoms with Crippen LogP contribution in [-0.2, 0) is 22.6 Å². The average Bonchev–Trinajstić information content (AvgIpc) is 2.96. The number of rotatable bonds is 12. The molecule has 1 aliphatic rings. The number of allylic oxidation sites excluding steroid dienone is 2. The van der Waals surface area contributed by atoms with Gasteiger partial charge in [0, 0.05) is 38.4 Å². The Bertz CT molecular complexity index is 682. The van der Waals surface area contributed by atoms with Crippen molar-refractivity contribution < 1.29 is 24.9 Å². The van der Waals surface area contributed by atoms with Crippen LogP contribution < -0.4 is 0 Å². The average molecular weight is 403 g/mol. The normalized spacial score (nSPS) is 23.4. The summed E-state index contributed by atoms with van der Waals surface area (Å²) in [4.78, 5) is 12.3. The standard InChI is InChI=1S/C24H34O5/c1-29-17-19-9-7-8-18(14-19)15-20(26)11-12-22-21(23(27)16-24(22)28)10-5-3-2-4-6-13-25/h3,5,7-9,11-12,14,20-22,24-26,28H,2,4,6,10,13,15-17H2,1H3/b5-3-,12-11+/t20-,21-,22-,24-/m1/s1. The van der Waals surface area contributed by atoms with Crippen LogP contribution >= 0.6 is 0 Å². The number of unbranched alkanes of at least 4 members (excludes halogenated alkanes) is 2. The van der Waals surface area contributed by atoms with E-state index in [1.54, 1.807) is 13.2 Å². The highest BCUT2D eigenvalue weighted by Gasteiger charge is 2.39. The molecule has 0 saturated heterocycles. The zero-order chi connectivity index (χ0) is 21.1. The van der Waals surface area contributed by atoms with Gasteiger partial charge < -0.3 is 20.1 Å². The SMILES string of the molecule is COCc1cccc(C[C@H](O)/C=C/[C@H]2[C@H](O)CC(=O)[C@@H]2C/C=C\CCCCO)c1.